The van der Waals surface area contributed by atoms with Crippen LogP contribution in [0.5, 0.6) is 5.75 Å². The molecule has 1 saturated heterocycles. The third-order valence-electron chi connectivity index (χ3n) is 3.88. The van der Waals surface area contributed by atoms with E-state index < -0.39 is 0 Å². The smallest absolute Gasteiger partial charge is 0.136 e. The van der Waals surface area contributed by atoms with Crippen molar-refractivity contribution in [3.05, 3.63) is 30.5 Å². The molecule has 1 fully saturated rings. The largest absolute Gasteiger partial charge is 0.508 e. The quantitative estimate of drug-likeness (QED) is 0.865. The van der Waals surface area contributed by atoms with Crippen LogP contribution in [0.3, 0.4) is 0 Å². The van der Waals surface area contributed by atoms with Crippen LogP contribution in [0, 0.1) is 0 Å². The zero-order valence-electron chi connectivity index (χ0n) is 11.1. The lowest BCUT2D eigenvalue weighted by Gasteiger charge is -2.33. The van der Waals surface area contributed by atoms with Crippen LogP contribution in [0.4, 0.5) is 5.82 Å². The summed E-state index contributed by atoms with van der Waals surface area (Å²) in [7, 11) is 2.09. The Morgan fingerprint density at radius 2 is 2.26 bits per heavy atom. The lowest BCUT2D eigenvalue weighted by atomic mass is 10.1. The van der Waals surface area contributed by atoms with Gasteiger partial charge in [0, 0.05) is 31.2 Å². The molecule has 0 spiro atoms. The van der Waals surface area contributed by atoms with E-state index in [4.69, 9.17) is 0 Å². The second-order valence-electron chi connectivity index (χ2n) is 5.15. The van der Waals surface area contributed by atoms with Crippen LogP contribution in [-0.2, 0) is 0 Å². The first kappa shape index (κ1) is 12.2. The minimum atomic E-state index is 0.289. The van der Waals surface area contributed by atoms with Crippen molar-refractivity contribution < 1.29 is 5.11 Å². The molecule has 0 amide bonds. The molecule has 0 saturated carbocycles. The van der Waals surface area contributed by atoms with Gasteiger partial charge in [-0.3, -0.25) is 0 Å². The van der Waals surface area contributed by atoms with Crippen molar-refractivity contribution in [2.45, 2.75) is 18.9 Å². The Hall–Kier alpha value is -1.81. The van der Waals surface area contributed by atoms with Crippen molar-refractivity contribution in [3.8, 4) is 5.75 Å². The zero-order valence-corrected chi connectivity index (χ0v) is 11.1. The standard InChI is InChI=1S/C15H19N3O/c1-18(12-3-2-7-16-10-12)15-14-9-13(19)5-4-11(14)6-8-17-15/h4-6,8-9,12,16,19H,2-3,7,10H2,1H3. The number of likely N-dealkylation sites (N-methyl/N-ethyl adjacent to an activating group) is 1. The number of hydrogen-bond acceptors (Lipinski definition) is 4. The molecule has 1 atom stereocenters. The SMILES string of the molecule is CN(c1nccc2ccc(O)cc12)C1CCCNC1. The lowest BCUT2D eigenvalue weighted by molar-refractivity contribution is 0.444. The topological polar surface area (TPSA) is 48.4 Å². The Morgan fingerprint density at radius 1 is 1.37 bits per heavy atom. The van der Waals surface area contributed by atoms with Crippen LogP contribution in [0.15, 0.2) is 30.5 Å². The van der Waals surface area contributed by atoms with Crippen LogP contribution >= 0.6 is 0 Å². The van der Waals surface area contributed by atoms with Crippen LogP contribution in [-0.4, -0.2) is 36.3 Å². The number of hydrogen-bond donors (Lipinski definition) is 2. The number of phenolic OH excluding ortho intramolecular Hbond substituents is 1. The van der Waals surface area contributed by atoms with Gasteiger partial charge in [0.2, 0.25) is 0 Å². The van der Waals surface area contributed by atoms with E-state index >= 15 is 0 Å². The van der Waals surface area contributed by atoms with Crippen molar-refractivity contribution in [2.24, 2.45) is 0 Å². The predicted molar refractivity (Wildman–Crippen MR) is 77.7 cm³/mol. The van der Waals surface area contributed by atoms with E-state index in [1.54, 1.807) is 12.1 Å². The highest BCUT2D eigenvalue weighted by Crippen LogP contribution is 2.28. The van der Waals surface area contributed by atoms with E-state index in [9.17, 15) is 5.11 Å². The summed E-state index contributed by atoms with van der Waals surface area (Å²) in [5, 5.41) is 15.2. The van der Waals surface area contributed by atoms with Gasteiger partial charge in [-0.25, -0.2) is 4.98 Å². The number of pyridine rings is 1. The van der Waals surface area contributed by atoms with Gasteiger partial charge in [0.15, 0.2) is 0 Å². The number of aromatic nitrogens is 1. The number of nitrogens with one attached hydrogen (secondary N) is 1. The van der Waals surface area contributed by atoms with E-state index in [0.717, 1.165) is 29.7 Å². The first-order valence-electron chi connectivity index (χ1n) is 6.77. The average Bonchev–Trinajstić information content (AvgIpc) is 2.47. The number of anilines is 1. The molecule has 2 N–H and O–H groups in total. The van der Waals surface area contributed by atoms with Crippen LogP contribution in [0.25, 0.3) is 10.8 Å². The number of phenols is 1. The number of aromatic hydroxyl groups is 1. The summed E-state index contributed by atoms with van der Waals surface area (Å²) < 4.78 is 0. The Labute approximate surface area is 113 Å². The molecule has 2 heterocycles. The summed E-state index contributed by atoms with van der Waals surface area (Å²) in [6.45, 7) is 2.10. The molecule has 1 aliphatic rings. The fourth-order valence-corrected chi connectivity index (χ4v) is 2.76. The van der Waals surface area contributed by atoms with Gasteiger partial charge in [-0.05, 0) is 43.0 Å². The molecule has 19 heavy (non-hydrogen) atoms. The molecule has 3 rings (SSSR count). The molecular weight excluding hydrogens is 238 g/mol. The minimum Gasteiger partial charge on any atom is -0.508 e. The summed E-state index contributed by atoms with van der Waals surface area (Å²) in [6, 6.07) is 7.89. The van der Waals surface area contributed by atoms with Gasteiger partial charge in [0.25, 0.3) is 0 Å². The minimum absolute atomic E-state index is 0.289. The van der Waals surface area contributed by atoms with E-state index in [0.29, 0.717) is 6.04 Å². The summed E-state index contributed by atoms with van der Waals surface area (Å²) in [6.07, 6.45) is 4.22. The first-order valence-corrected chi connectivity index (χ1v) is 6.77. The maximum Gasteiger partial charge on any atom is 0.136 e. The van der Waals surface area contributed by atoms with Crippen molar-refractivity contribution in [3.63, 3.8) is 0 Å². The van der Waals surface area contributed by atoms with E-state index in [2.05, 4.69) is 22.2 Å². The van der Waals surface area contributed by atoms with E-state index in [1.165, 1.54) is 12.8 Å². The third-order valence-corrected chi connectivity index (χ3v) is 3.88. The van der Waals surface area contributed by atoms with E-state index in [-0.39, 0.29) is 5.75 Å². The average molecular weight is 257 g/mol. The predicted octanol–water partition coefficient (Wildman–Crippen LogP) is 2.13. The number of benzene rings is 1. The second-order valence-corrected chi connectivity index (χ2v) is 5.15. The monoisotopic (exact) mass is 257 g/mol. The van der Waals surface area contributed by atoms with Gasteiger partial charge in [-0.1, -0.05) is 6.07 Å². The first-order chi connectivity index (χ1) is 9.25. The summed E-state index contributed by atoms with van der Waals surface area (Å²) >= 11 is 0. The molecule has 2 aromatic rings. The maximum atomic E-state index is 9.69. The van der Waals surface area contributed by atoms with Crippen molar-refractivity contribution in [1.29, 1.82) is 0 Å². The lowest BCUT2D eigenvalue weighted by Crippen LogP contribution is -2.44. The maximum absolute atomic E-state index is 9.69. The van der Waals surface area contributed by atoms with Crippen LogP contribution in [0.2, 0.25) is 0 Å². The summed E-state index contributed by atoms with van der Waals surface area (Å²) in [5.74, 6) is 1.24. The van der Waals surface area contributed by atoms with Gasteiger partial charge < -0.3 is 15.3 Å². The fraction of sp³-hybridized carbons (Fsp3) is 0.400. The van der Waals surface area contributed by atoms with Crippen LogP contribution in [0.1, 0.15) is 12.8 Å². The highest BCUT2D eigenvalue weighted by Gasteiger charge is 2.20. The molecule has 0 aliphatic carbocycles. The Bertz CT molecular complexity index is 579. The molecule has 0 radical (unpaired) electrons. The Kier molecular flexibility index (Phi) is 3.25. The van der Waals surface area contributed by atoms with Gasteiger partial charge >= 0.3 is 0 Å². The van der Waals surface area contributed by atoms with Gasteiger partial charge in [-0.2, -0.15) is 0 Å². The molecule has 1 aliphatic heterocycles. The molecule has 1 aromatic carbocycles. The Balaban J connectivity index is 2.01. The number of rotatable bonds is 2. The van der Waals surface area contributed by atoms with Crippen molar-refractivity contribution >= 4 is 16.6 Å². The van der Waals surface area contributed by atoms with Crippen LogP contribution < -0.4 is 10.2 Å². The highest BCUT2D eigenvalue weighted by atomic mass is 16.3. The van der Waals surface area contributed by atoms with Crippen molar-refractivity contribution in [1.82, 2.24) is 10.3 Å². The number of nitrogens with zero attached hydrogens (tertiary/aromatic N) is 2. The summed E-state index contributed by atoms with van der Waals surface area (Å²) in [5.41, 5.74) is 0. The zero-order chi connectivity index (χ0) is 13.2. The number of piperidine rings is 1. The number of fused-ring (bicyclic) bond motifs is 1. The summed E-state index contributed by atoms with van der Waals surface area (Å²) in [4.78, 5) is 6.74. The molecular formula is C15H19N3O. The molecule has 1 unspecified atom stereocenters. The Morgan fingerprint density at radius 3 is 3.05 bits per heavy atom. The molecule has 100 valence electrons. The highest BCUT2D eigenvalue weighted by molar-refractivity contribution is 5.93. The van der Waals surface area contributed by atoms with E-state index in [1.807, 2.05) is 18.3 Å². The molecule has 0 bridgehead atoms. The molecule has 4 heteroatoms. The van der Waals surface area contributed by atoms with Gasteiger partial charge in [0.05, 0.1) is 0 Å². The fourth-order valence-electron chi connectivity index (χ4n) is 2.76. The van der Waals surface area contributed by atoms with Crippen molar-refractivity contribution in [2.75, 3.05) is 25.0 Å². The van der Waals surface area contributed by atoms with Gasteiger partial charge in [0.1, 0.15) is 11.6 Å². The molecule has 4 nitrogen and oxygen atoms in total. The second kappa shape index (κ2) is 5.05. The third kappa shape index (κ3) is 2.36. The normalized spacial score (nSPS) is 19.5. The van der Waals surface area contributed by atoms with Gasteiger partial charge in [-0.15, -0.1) is 0 Å². The molecule has 1 aromatic heterocycles.